The second-order valence-corrected chi connectivity index (χ2v) is 3.15. The summed E-state index contributed by atoms with van der Waals surface area (Å²) in [6, 6.07) is 0. The molecule has 0 saturated carbocycles. The molecule has 1 saturated heterocycles. The van der Waals surface area contributed by atoms with Crippen molar-refractivity contribution in [2.75, 3.05) is 0 Å². The van der Waals surface area contributed by atoms with Crippen molar-refractivity contribution in [3.63, 3.8) is 0 Å². The Labute approximate surface area is 89.5 Å². The lowest BCUT2D eigenvalue weighted by atomic mass is 10.0. The van der Waals surface area contributed by atoms with E-state index in [0.29, 0.717) is 0 Å². The lowest BCUT2D eigenvalue weighted by molar-refractivity contribution is -0.368. The van der Waals surface area contributed by atoms with Crippen LogP contribution in [0.3, 0.4) is 0 Å². The van der Waals surface area contributed by atoms with Crippen LogP contribution in [-0.4, -0.2) is 36.0 Å². The maximum absolute atomic E-state index is 12.3. The smallest absolute Gasteiger partial charge is 0.447 e. The van der Waals surface area contributed by atoms with Crippen molar-refractivity contribution in [1.29, 1.82) is 0 Å². The van der Waals surface area contributed by atoms with Crippen LogP contribution in [0.25, 0.3) is 0 Å². The normalized spacial score (nSPS) is 25.2. The van der Waals surface area contributed by atoms with E-state index < -0.39 is 36.0 Å². The van der Waals surface area contributed by atoms with Gasteiger partial charge in [0.15, 0.2) is 6.10 Å². The van der Waals surface area contributed by atoms with Crippen molar-refractivity contribution in [2.45, 2.75) is 31.0 Å². The van der Waals surface area contributed by atoms with Crippen molar-refractivity contribution in [2.24, 2.45) is 0 Å². The molecule has 1 aliphatic heterocycles. The first-order valence-corrected chi connectivity index (χ1v) is 4.01. The standard InChI is InChI=1S/C7H4F6O4/c1-2-3(14)17-5(4(15)16-2,6(8,9)10)7(11,12)13/h2H,1H3. The quantitative estimate of drug-likeness (QED) is 0.490. The average molecular weight is 266 g/mol. The van der Waals surface area contributed by atoms with Gasteiger partial charge < -0.3 is 9.47 Å². The van der Waals surface area contributed by atoms with Crippen molar-refractivity contribution in [3.8, 4) is 0 Å². The zero-order chi connectivity index (χ0) is 13.6. The van der Waals surface area contributed by atoms with Gasteiger partial charge in [-0.3, -0.25) is 0 Å². The molecule has 17 heavy (non-hydrogen) atoms. The minimum Gasteiger partial charge on any atom is -0.447 e. The molecule has 0 aromatic heterocycles. The summed E-state index contributed by atoms with van der Waals surface area (Å²) in [5.74, 6) is -4.62. The molecule has 0 bridgehead atoms. The van der Waals surface area contributed by atoms with Crippen LogP contribution < -0.4 is 0 Å². The van der Waals surface area contributed by atoms with Gasteiger partial charge in [0.05, 0.1) is 0 Å². The fraction of sp³-hybridized carbons (Fsp3) is 0.714. The number of cyclic esters (lactones) is 2. The van der Waals surface area contributed by atoms with Crippen LogP contribution >= 0.6 is 0 Å². The first kappa shape index (κ1) is 13.6. The molecule has 10 heteroatoms. The highest BCUT2D eigenvalue weighted by atomic mass is 19.4. The van der Waals surface area contributed by atoms with Crippen LogP contribution in [0.15, 0.2) is 0 Å². The van der Waals surface area contributed by atoms with E-state index in [0.717, 1.165) is 6.92 Å². The first-order valence-electron chi connectivity index (χ1n) is 4.01. The number of esters is 2. The predicted octanol–water partition coefficient (Wildman–Crippen LogP) is 1.34. The van der Waals surface area contributed by atoms with E-state index in [1.807, 2.05) is 0 Å². The summed E-state index contributed by atoms with van der Waals surface area (Å²) in [6.07, 6.45) is -14.1. The summed E-state index contributed by atoms with van der Waals surface area (Å²) in [5.41, 5.74) is -5.25. The number of hydrogen-bond donors (Lipinski definition) is 0. The molecule has 0 aromatic carbocycles. The Balaban J connectivity index is 3.35. The van der Waals surface area contributed by atoms with Crippen LogP contribution in [-0.2, 0) is 19.1 Å². The molecule has 0 amide bonds. The van der Waals surface area contributed by atoms with Gasteiger partial charge in [0.25, 0.3) is 0 Å². The molecule has 0 radical (unpaired) electrons. The van der Waals surface area contributed by atoms with Crippen LogP contribution in [0.4, 0.5) is 26.3 Å². The van der Waals surface area contributed by atoms with Crippen LogP contribution in [0.1, 0.15) is 6.92 Å². The Morgan fingerprint density at radius 3 is 1.82 bits per heavy atom. The fourth-order valence-corrected chi connectivity index (χ4v) is 1.08. The molecule has 1 heterocycles. The summed E-state index contributed by atoms with van der Waals surface area (Å²) in [7, 11) is 0. The minimum absolute atomic E-state index is 0.789. The van der Waals surface area contributed by atoms with Crippen LogP contribution in [0.5, 0.6) is 0 Å². The zero-order valence-corrected chi connectivity index (χ0v) is 7.98. The average Bonchev–Trinajstić information content (AvgIpc) is 2.06. The van der Waals surface area contributed by atoms with Gasteiger partial charge in [0, 0.05) is 0 Å². The maximum atomic E-state index is 12.3. The van der Waals surface area contributed by atoms with Gasteiger partial charge >= 0.3 is 29.9 Å². The molecular formula is C7H4F6O4. The third kappa shape index (κ3) is 1.80. The topological polar surface area (TPSA) is 52.6 Å². The maximum Gasteiger partial charge on any atom is 0.449 e. The highest BCUT2D eigenvalue weighted by Gasteiger charge is 2.82. The second-order valence-electron chi connectivity index (χ2n) is 3.15. The molecule has 4 nitrogen and oxygen atoms in total. The predicted molar refractivity (Wildman–Crippen MR) is 36.5 cm³/mol. The van der Waals surface area contributed by atoms with Gasteiger partial charge in [-0.2, -0.15) is 26.3 Å². The van der Waals surface area contributed by atoms with Gasteiger partial charge in [-0.1, -0.05) is 0 Å². The van der Waals surface area contributed by atoms with Crippen molar-refractivity contribution in [3.05, 3.63) is 0 Å². The third-order valence-electron chi connectivity index (χ3n) is 1.96. The van der Waals surface area contributed by atoms with Gasteiger partial charge in [-0.15, -0.1) is 0 Å². The third-order valence-corrected chi connectivity index (χ3v) is 1.96. The number of hydrogen-bond acceptors (Lipinski definition) is 4. The molecule has 1 atom stereocenters. The Hall–Kier alpha value is -1.48. The lowest BCUT2D eigenvalue weighted by Crippen LogP contribution is -2.69. The summed E-state index contributed by atoms with van der Waals surface area (Å²) >= 11 is 0. The number of alkyl halides is 6. The number of ether oxygens (including phenoxy) is 2. The molecule has 98 valence electrons. The summed E-state index contributed by atoms with van der Waals surface area (Å²) in [5, 5.41) is 0. The Morgan fingerprint density at radius 2 is 1.47 bits per heavy atom. The van der Waals surface area contributed by atoms with Crippen LogP contribution in [0, 0.1) is 0 Å². The van der Waals surface area contributed by atoms with Gasteiger partial charge in [0.2, 0.25) is 0 Å². The molecule has 0 aromatic rings. The molecule has 1 rings (SSSR count). The summed E-state index contributed by atoms with van der Waals surface area (Å²) in [4.78, 5) is 21.6. The SMILES string of the molecule is CC1OC(=O)C(C(F)(F)F)(C(F)(F)F)OC1=O. The summed E-state index contributed by atoms with van der Waals surface area (Å²) in [6.45, 7) is 0.789. The largest absolute Gasteiger partial charge is 0.449 e. The molecule has 0 spiro atoms. The molecular weight excluding hydrogens is 262 g/mol. The van der Waals surface area contributed by atoms with E-state index in [9.17, 15) is 35.9 Å². The van der Waals surface area contributed by atoms with Crippen LogP contribution in [0.2, 0.25) is 0 Å². The molecule has 1 fully saturated rings. The number of halogens is 6. The van der Waals surface area contributed by atoms with Gasteiger partial charge in [-0.25, -0.2) is 9.59 Å². The van der Waals surface area contributed by atoms with Crippen molar-refractivity contribution < 1.29 is 45.4 Å². The van der Waals surface area contributed by atoms with E-state index in [1.54, 1.807) is 0 Å². The van der Waals surface area contributed by atoms with E-state index in [4.69, 9.17) is 0 Å². The molecule has 1 aliphatic rings. The van der Waals surface area contributed by atoms with E-state index in [2.05, 4.69) is 9.47 Å². The Bertz CT molecular complexity index is 342. The van der Waals surface area contributed by atoms with E-state index in [-0.39, 0.29) is 0 Å². The summed E-state index contributed by atoms with van der Waals surface area (Å²) < 4.78 is 81.0. The molecule has 1 unspecified atom stereocenters. The highest BCUT2D eigenvalue weighted by Crippen LogP contribution is 2.48. The number of carbonyl (C=O) groups excluding carboxylic acids is 2. The number of carbonyl (C=O) groups is 2. The van der Waals surface area contributed by atoms with Gasteiger partial charge in [0.1, 0.15) is 0 Å². The van der Waals surface area contributed by atoms with Crippen molar-refractivity contribution in [1.82, 2.24) is 0 Å². The first-order chi connectivity index (χ1) is 7.43. The van der Waals surface area contributed by atoms with Crippen molar-refractivity contribution >= 4 is 11.9 Å². The monoisotopic (exact) mass is 266 g/mol. The van der Waals surface area contributed by atoms with Gasteiger partial charge in [-0.05, 0) is 6.92 Å². The molecule has 0 N–H and O–H groups in total. The zero-order valence-electron chi connectivity index (χ0n) is 7.98. The van der Waals surface area contributed by atoms with E-state index >= 15 is 0 Å². The highest BCUT2D eigenvalue weighted by molar-refractivity contribution is 5.91. The lowest BCUT2D eigenvalue weighted by Gasteiger charge is -2.38. The molecule has 0 aliphatic carbocycles. The van der Waals surface area contributed by atoms with E-state index in [1.165, 1.54) is 0 Å². The minimum atomic E-state index is -6.15. The Kier molecular flexibility index (Phi) is 2.80. The second kappa shape index (κ2) is 3.50. The number of rotatable bonds is 0. The fourth-order valence-electron chi connectivity index (χ4n) is 1.08. The Morgan fingerprint density at radius 1 is 1.06 bits per heavy atom.